The van der Waals surface area contributed by atoms with Crippen LogP contribution in [0, 0.1) is 12.0 Å². The number of aromatic nitrogens is 2. The van der Waals surface area contributed by atoms with Crippen LogP contribution in [0.4, 0.5) is 42.1 Å². The van der Waals surface area contributed by atoms with Gasteiger partial charge in [0.2, 0.25) is 5.95 Å². The Morgan fingerprint density at radius 2 is 1.83 bits per heavy atom. The number of carbonyl (C=O) groups is 1. The van der Waals surface area contributed by atoms with Crippen LogP contribution < -0.4 is 16.4 Å². The normalized spacial score (nSPS) is 11.6. The number of urea groups is 1. The molecule has 0 bridgehead atoms. The maximum atomic E-state index is 13.6. The molecule has 14 nitrogen and oxygen atoms in total. The molecule has 0 spiro atoms. The summed E-state index contributed by atoms with van der Waals surface area (Å²) in [5, 5.41) is 23.5. The molecule has 2 aromatic carbocycles. The van der Waals surface area contributed by atoms with E-state index in [1.165, 1.54) is 24.3 Å². The molecule has 0 unspecified atom stereocenters. The molecule has 3 rings (SSSR count). The first-order chi connectivity index (χ1) is 17.0. The van der Waals surface area contributed by atoms with Crippen LogP contribution >= 0.6 is 23.6 Å². The van der Waals surface area contributed by atoms with E-state index in [0.717, 1.165) is 12.1 Å². The Morgan fingerprint density at radius 1 is 1.14 bits per heavy atom. The largest absolute Gasteiger partial charge is 0.351 e. The summed E-state index contributed by atoms with van der Waals surface area (Å²) in [5.74, 6) is -1.71. The van der Waals surface area contributed by atoms with Gasteiger partial charge in [0.25, 0.3) is 10.1 Å². The van der Waals surface area contributed by atoms with Crippen LogP contribution in [0.3, 0.4) is 0 Å². The lowest BCUT2D eigenvalue weighted by Gasteiger charge is -2.11. The van der Waals surface area contributed by atoms with Crippen molar-refractivity contribution in [3.8, 4) is 0 Å². The zero-order valence-corrected chi connectivity index (χ0v) is 19.6. The van der Waals surface area contributed by atoms with Gasteiger partial charge in [-0.3, -0.25) is 4.55 Å². The fourth-order valence-corrected chi connectivity index (χ4v) is 3.80. The van der Waals surface area contributed by atoms with Crippen molar-refractivity contribution in [1.29, 1.82) is 0 Å². The van der Waals surface area contributed by atoms with Crippen LogP contribution in [-0.2, 0) is 19.5 Å². The Bertz CT molecular complexity index is 1450. The van der Waals surface area contributed by atoms with Crippen LogP contribution in [-0.4, -0.2) is 34.2 Å². The van der Waals surface area contributed by atoms with Crippen molar-refractivity contribution in [1.82, 2.24) is 9.97 Å². The summed E-state index contributed by atoms with van der Waals surface area (Å²) in [4.78, 5) is 17.1. The van der Waals surface area contributed by atoms with Crippen molar-refractivity contribution in [3.05, 3.63) is 53.4 Å². The third-order valence-corrected chi connectivity index (χ3v) is 5.73. The molecule has 6 N–H and O–H groups in total. The van der Waals surface area contributed by atoms with Gasteiger partial charge in [-0.2, -0.15) is 27.2 Å². The maximum Gasteiger partial charge on any atom is 0.316 e. The summed E-state index contributed by atoms with van der Waals surface area (Å²) in [6, 6.07) is 6.29. The third kappa shape index (κ3) is 7.01. The van der Waals surface area contributed by atoms with Crippen molar-refractivity contribution < 1.29 is 41.2 Å². The number of amides is 2. The van der Waals surface area contributed by atoms with Crippen LogP contribution in [0.1, 0.15) is 0 Å². The minimum Gasteiger partial charge on any atom is -0.351 e. The van der Waals surface area contributed by atoms with E-state index in [-0.39, 0.29) is 27.6 Å². The molecule has 0 aliphatic rings. The number of nitrogens with two attached hydrogens (primary N) is 1. The fraction of sp³-hybridized carbons (Fsp3) is 0. The summed E-state index contributed by atoms with van der Waals surface area (Å²) in [6.07, 6.45) is -1.38. The monoisotopic (exact) mass is 563 g/mol. The van der Waals surface area contributed by atoms with Gasteiger partial charge >= 0.3 is 12.1 Å². The van der Waals surface area contributed by atoms with Crippen LogP contribution in [0.2, 0.25) is 5.02 Å². The molecule has 19 heteroatoms. The highest BCUT2D eigenvalue weighted by Gasteiger charge is 2.18. The summed E-state index contributed by atoms with van der Waals surface area (Å²) in [7, 11) is -4.78. The van der Waals surface area contributed by atoms with E-state index < -0.39 is 43.9 Å². The molecule has 190 valence electrons. The number of anilines is 3. The Kier molecular flexibility index (Phi) is 8.63. The molecule has 1 heterocycles. The van der Waals surface area contributed by atoms with E-state index in [0.29, 0.717) is 12.0 Å². The van der Waals surface area contributed by atoms with E-state index in [1.807, 2.05) is 0 Å². The zero-order valence-electron chi connectivity index (χ0n) is 17.2. The molecular formula is C17H12ClF2N7O7S2. The lowest BCUT2D eigenvalue weighted by atomic mass is 10.2. The number of nitrogens with one attached hydrogen (secondary N) is 2. The average Bonchev–Trinajstić information content (AvgIpc) is 2.79. The summed E-state index contributed by atoms with van der Waals surface area (Å²) >= 11 is 6.16. The van der Waals surface area contributed by atoms with Crippen molar-refractivity contribution in [2.45, 2.75) is 9.79 Å². The molecule has 1 aromatic heterocycles. The van der Waals surface area contributed by atoms with E-state index in [4.69, 9.17) is 22.6 Å². The Hall–Kier alpha value is -3.52. The SMILES string of the molecule is NC(=O)Nc1cc(Nc2nc(F)nc(F)c2Cl)ccc1N=Nc1ccc(SOOO)cc1S(=O)(=O)O. The fourth-order valence-electron chi connectivity index (χ4n) is 2.55. The van der Waals surface area contributed by atoms with Gasteiger partial charge in [-0.25, -0.2) is 10.1 Å². The van der Waals surface area contributed by atoms with Crippen LogP contribution in [0.25, 0.3) is 0 Å². The first-order valence-electron chi connectivity index (χ1n) is 9.02. The van der Waals surface area contributed by atoms with Gasteiger partial charge < -0.3 is 16.4 Å². The maximum absolute atomic E-state index is 13.6. The van der Waals surface area contributed by atoms with E-state index in [2.05, 4.69) is 40.2 Å². The lowest BCUT2D eigenvalue weighted by Crippen LogP contribution is -2.19. The van der Waals surface area contributed by atoms with Gasteiger partial charge in [-0.05, 0) is 36.4 Å². The number of halogens is 3. The van der Waals surface area contributed by atoms with E-state index in [9.17, 15) is 26.5 Å². The first kappa shape index (κ1) is 27.1. The predicted octanol–water partition coefficient (Wildman–Crippen LogP) is 4.73. The highest BCUT2D eigenvalue weighted by atomic mass is 35.5. The Labute approximate surface area is 209 Å². The van der Waals surface area contributed by atoms with Gasteiger partial charge in [0.1, 0.15) is 21.3 Å². The number of rotatable bonds is 9. The van der Waals surface area contributed by atoms with Crippen LogP contribution in [0.15, 0.2) is 56.4 Å². The highest BCUT2D eigenvalue weighted by molar-refractivity contribution is 7.94. The van der Waals surface area contributed by atoms with Gasteiger partial charge in [0, 0.05) is 10.6 Å². The quantitative estimate of drug-likeness (QED) is 0.0456. The second kappa shape index (κ2) is 11.5. The molecule has 0 saturated heterocycles. The average molecular weight is 564 g/mol. The Balaban J connectivity index is 1.97. The second-order valence-corrected chi connectivity index (χ2v) is 8.86. The molecule has 0 aliphatic heterocycles. The standard InChI is InChI=1S/C17H12ClF2N7O7S2/c18-13-14(19)24-16(20)25-15(13)22-7-1-3-9(11(5-7)23-17(21)28)26-27-10-4-2-8(35-34-33-29)6-12(10)36(30,31)32/h1-6,29H,(H3,21,23,28)(H,22,24,25)(H,30,31,32). The molecule has 0 fully saturated rings. The van der Waals surface area contributed by atoms with Gasteiger partial charge in [-0.15, -0.1) is 14.6 Å². The molecule has 0 saturated carbocycles. The Morgan fingerprint density at radius 3 is 2.50 bits per heavy atom. The number of hydrogen-bond donors (Lipinski definition) is 5. The first-order valence-corrected chi connectivity index (χ1v) is 11.6. The number of hydrogen-bond acceptors (Lipinski definition) is 12. The molecule has 0 radical (unpaired) electrons. The third-order valence-electron chi connectivity index (χ3n) is 3.94. The number of azo groups is 1. The topological polar surface area (TPSA) is 211 Å². The molecular weight excluding hydrogens is 552 g/mol. The molecule has 0 aliphatic carbocycles. The molecule has 3 aromatic rings. The van der Waals surface area contributed by atoms with Crippen molar-refractivity contribution in [2.75, 3.05) is 10.6 Å². The van der Waals surface area contributed by atoms with Crippen molar-refractivity contribution in [3.63, 3.8) is 0 Å². The lowest BCUT2D eigenvalue weighted by molar-refractivity contribution is -0.432. The summed E-state index contributed by atoms with van der Waals surface area (Å²) < 4.78 is 64.2. The minimum atomic E-state index is -4.78. The summed E-state index contributed by atoms with van der Waals surface area (Å²) in [5.41, 5.74) is 4.89. The summed E-state index contributed by atoms with van der Waals surface area (Å²) in [6.45, 7) is 0. The van der Waals surface area contributed by atoms with Gasteiger partial charge in [0.15, 0.2) is 5.82 Å². The van der Waals surface area contributed by atoms with Crippen molar-refractivity contribution in [2.24, 2.45) is 16.0 Å². The molecule has 0 atom stereocenters. The van der Waals surface area contributed by atoms with Crippen molar-refractivity contribution >= 4 is 68.4 Å². The zero-order chi connectivity index (χ0) is 26.5. The van der Waals surface area contributed by atoms with Gasteiger partial charge in [0.05, 0.1) is 17.7 Å². The number of benzene rings is 2. The van der Waals surface area contributed by atoms with Crippen LogP contribution in [0.5, 0.6) is 0 Å². The molecule has 2 amide bonds. The number of nitrogens with zero attached hydrogens (tertiary/aromatic N) is 4. The number of carbonyl (C=O) groups excluding carboxylic acids is 1. The smallest absolute Gasteiger partial charge is 0.316 e. The van der Waals surface area contributed by atoms with Gasteiger partial charge in [-0.1, -0.05) is 16.6 Å². The van der Waals surface area contributed by atoms with E-state index >= 15 is 0 Å². The molecule has 36 heavy (non-hydrogen) atoms. The second-order valence-electron chi connectivity index (χ2n) is 6.32. The van der Waals surface area contributed by atoms with E-state index in [1.54, 1.807) is 0 Å². The number of primary amides is 1. The highest BCUT2D eigenvalue weighted by Crippen LogP contribution is 2.35. The predicted molar refractivity (Wildman–Crippen MR) is 121 cm³/mol. The minimum absolute atomic E-state index is 0.0396.